The van der Waals surface area contributed by atoms with Gasteiger partial charge in [-0.15, -0.1) is 0 Å². The van der Waals surface area contributed by atoms with Crippen molar-refractivity contribution in [2.45, 2.75) is 26.7 Å². The van der Waals surface area contributed by atoms with E-state index in [0.29, 0.717) is 24.7 Å². The summed E-state index contributed by atoms with van der Waals surface area (Å²) in [6.45, 7) is 6.69. The van der Waals surface area contributed by atoms with E-state index in [2.05, 4.69) is 38.2 Å². The van der Waals surface area contributed by atoms with Crippen molar-refractivity contribution in [2.75, 3.05) is 33.7 Å². The van der Waals surface area contributed by atoms with Crippen LogP contribution in [0.25, 0.3) is 0 Å². The van der Waals surface area contributed by atoms with Crippen LogP contribution in [0, 0.1) is 5.92 Å². The predicted molar refractivity (Wildman–Crippen MR) is 60.5 cm³/mol. The lowest BCUT2D eigenvalue weighted by atomic mass is 10.1. The van der Waals surface area contributed by atoms with Crippen LogP contribution >= 0.6 is 0 Å². The second-order valence-electron chi connectivity index (χ2n) is 4.47. The number of ketones is 1. The van der Waals surface area contributed by atoms with E-state index in [1.54, 1.807) is 0 Å². The number of hydrogen-bond donors (Lipinski definition) is 1. The Morgan fingerprint density at radius 3 is 2.50 bits per heavy atom. The number of hydrogen-bond acceptors (Lipinski definition) is 3. The number of rotatable bonds is 8. The average Bonchev–Trinajstić information content (AvgIpc) is 2.01. The summed E-state index contributed by atoms with van der Waals surface area (Å²) in [5, 5.41) is 3.17. The highest BCUT2D eigenvalue weighted by molar-refractivity contribution is 5.80. The molecule has 0 spiro atoms. The maximum absolute atomic E-state index is 11.3. The van der Waals surface area contributed by atoms with Gasteiger partial charge in [0.25, 0.3) is 0 Å². The van der Waals surface area contributed by atoms with Crippen molar-refractivity contribution in [3.05, 3.63) is 0 Å². The Labute approximate surface area is 87.9 Å². The topological polar surface area (TPSA) is 32.3 Å². The summed E-state index contributed by atoms with van der Waals surface area (Å²) in [5.41, 5.74) is 0. The number of nitrogens with one attached hydrogen (secondary N) is 1. The number of nitrogens with zero attached hydrogens (tertiary/aromatic N) is 1. The Balaban J connectivity index is 3.23. The maximum Gasteiger partial charge on any atom is 0.146 e. The molecular formula is C11H24N2O. The van der Waals surface area contributed by atoms with Gasteiger partial charge in [-0.05, 0) is 39.5 Å². The van der Waals surface area contributed by atoms with Gasteiger partial charge < -0.3 is 10.2 Å². The molecule has 0 heterocycles. The fourth-order valence-electron chi connectivity index (χ4n) is 1.28. The minimum absolute atomic E-state index is 0.324. The van der Waals surface area contributed by atoms with Gasteiger partial charge in [0.1, 0.15) is 5.78 Å². The average molecular weight is 200 g/mol. The van der Waals surface area contributed by atoms with E-state index < -0.39 is 0 Å². The van der Waals surface area contributed by atoms with Gasteiger partial charge in [0, 0.05) is 6.42 Å². The molecule has 0 aliphatic heterocycles. The zero-order valence-corrected chi connectivity index (χ0v) is 9.97. The molecule has 0 fully saturated rings. The van der Waals surface area contributed by atoms with Crippen LogP contribution in [0.1, 0.15) is 26.7 Å². The van der Waals surface area contributed by atoms with E-state index in [-0.39, 0.29) is 0 Å². The Morgan fingerprint density at radius 2 is 2.00 bits per heavy atom. The van der Waals surface area contributed by atoms with Crippen LogP contribution in [0.15, 0.2) is 0 Å². The van der Waals surface area contributed by atoms with Crippen LogP contribution in [-0.4, -0.2) is 44.4 Å². The quantitative estimate of drug-likeness (QED) is 0.596. The summed E-state index contributed by atoms with van der Waals surface area (Å²) in [4.78, 5) is 13.4. The van der Waals surface area contributed by atoms with Crippen molar-refractivity contribution in [3.8, 4) is 0 Å². The molecule has 0 aliphatic rings. The first-order valence-corrected chi connectivity index (χ1v) is 5.39. The zero-order chi connectivity index (χ0) is 11.0. The molecule has 3 nitrogen and oxygen atoms in total. The molecule has 1 N–H and O–H groups in total. The van der Waals surface area contributed by atoms with Crippen LogP contribution < -0.4 is 5.32 Å². The normalized spacial score (nSPS) is 11.3. The highest BCUT2D eigenvalue weighted by Gasteiger charge is 2.03. The van der Waals surface area contributed by atoms with Crippen LogP contribution in [0.2, 0.25) is 0 Å². The Morgan fingerprint density at radius 1 is 1.36 bits per heavy atom. The number of carbonyl (C=O) groups excluding carboxylic acids is 1. The van der Waals surface area contributed by atoms with Crippen molar-refractivity contribution >= 4 is 5.78 Å². The first-order chi connectivity index (χ1) is 6.52. The highest BCUT2D eigenvalue weighted by Crippen LogP contribution is 1.98. The van der Waals surface area contributed by atoms with Crippen LogP contribution in [0.3, 0.4) is 0 Å². The van der Waals surface area contributed by atoms with Crippen molar-refractivity contribution in [3.63, 3.8) is 0 Å². The monoisotopic (exact) mass is 200 g/mol. The fraction of sp³-hybridized carbons (Fsp3) is 0.909. The summed E-state index contributed by atoms with van der Waals surface area (Å²) in [7, 11) is 4.12. The number of carbonyl (C=O) groups is 1. The molecule has 14 heavy (non-hydrogen) atoms. The molecule has 0 atom stereocenters. The van der Waals surface area contributed by atoms with Crippen molar-refractivity contribution in [1.82, 2.24) is 10.2 Å². The minimum Gasteiger partial charge on any atom is -0.310 e. The maximum atomic E-state index is 11.3. The van der Waals surface area contributed by atoms with Gasteiger partial charge in [-0.3, -0.25) is 4.79 Å². The summed E-state index contributed by atoms with van der Waals surface area (Å²) >= 11 is 0. The molecule has 0 saturated heterocycles. The summed E-state index contributed by atoms with van der Waals surface area (Å²) in [5.74, 6) is 0.802. The molecule has 0 unspecified atom stereocenters. The first kappa shape index (κ1) is 13.6. The molecule has 0 amide bonds. The highest BCUT2D eigenvalue weighted by atomic mass is 16.1. The third-order valence-corrected chi connectivity index (χ3v) is 1.92. The van der Waals surface area contributed by atoms with Crippen LogP contribution in [-0.2, 0) is 4.79 Å². The third kappa shape index (κ3) is 9.68. The fourth-order valence-corrected chi connectivity index (χ4v) is 1.28. The van der Waals surface area contributed by atoms with Gasteiger partial charge in [0.15, 0.2) is 0 Å². The molecule has 0 saturated carbocycles. The van der Waals surface area contributed by atoms with Gasteiger partial charge in [-0.2, -0.15) is 0 Å². The van der Waals surface area contributed by atoms with E-state index in [1.807, 2.05) is 0 Å². The Hall–Kier alpha value is -0.410. The minimum atomic E-state index is 0.324. The molecule has 0 aliphatic carbocycles. The SMILES string of the molecule is CC(C)CC(=O)CNCCCN(C)C. The lowest BCUT2D eigenvalue weighted by molar-refractivity contribution is -0.118. The van der Waals surface area contributed by atoms with E-state index in [1.165, 1.54) is 0 Å². The van der Waals surface area contributed by atoms with E-state index >= 15 is 0 Å². The largest absolute Gasteiger partial charge is 0.310 e. The van der Waals surface area contributed by atoms with Crippen molar-refractivity contribution in [2.24, 2.45) is 5.92 Å². The summed E-state index contributed by atoms with van der Waals surface area (Å²) in [6, 6.07) is 0. The van der Waals surface area contributed by atoms with Crippen LogP contribution in [0.4, 0.5) is 0 Å². The van der Waals surface area contributed by atoms with Gasteiger partial charge >= 0.3 is 0 Å². The van der Waals surface area contributed by atoms with Crippen molar-refractivity contribution in [1.29, 1.82) is 0 Å². The summed E-state index contributed by atoms with van der Waals surface area (Å²) in [6.07, 6.45) is 1.79. The van der Waals surface area contributed by atoms with Gasteiger partial charge in [0.2, 0.25) is 0 Å². The van der Waals surface area contributed by atoms with E-state index in [0.717, 1.165) is 19.5 Å². The molecule has 0 radical (unpaired) electrons. The molecule has 0 rings (SSSR count). The van der Waals surface area contributed by atoms with Gasteiger partial charge in [-0.1, -0.05) is 13.8 Å². The molecule has 84 valence electrons. The molecular weight excluding hydrogens is 176 g/mol. The van der Waals surface area contributed by atoms with Crippen LogP contribution in [0.5, 0.6) is 0 Å². The molecule has 0 aromatic heterocycles. The van der Waals surface area contributed by atoms with E-state index in [9.17, 15) is 4.79 Å². The molecule has 0 bridgehead atoms. The number of Topliss-reactive ketones (excluding diaryl/α,β-unsaturated/α-hetero) is 1. The van der Waals surface area contributed by atoms with Crippen molar-refractivity contribution < 1.29 is 4.79 Å². The molecule has 3 heteroatoms. The molecule has 0 aromatic carbocycles. The third-order valence-electron chi connectivity index (χ3n) is 1.92. The first-order valence-electron chi connectivity index (χ1n) is 5.39. The Bertz CT molecular complexity index is 155. The Kier molecular flexibility index (Phi) is 7.71. The van der Waals surface area contributed by atoms with Gasteiger partial charge in [-0.25, -0.2) is 0 Å². The smallest absolute Gasteiger partial charge is 0.146 e. The zero-order valence-electron chi connectivity index (χ0n) is 9.97. The van der Waals surface area contributed by atoms with E-state index in [4.69, 9.17) is 0 Å². The lowest BCUT2D eigenvalue weighted by Gasteiger charge is -2.09. The lowest BCUT2D eigenvalue weighted by Crippen LogP contribution is -2.27. The second kappa shape index (κ2) is 7.94. The standard InChI is InChI=1S/C11H24N2O/c1-10(2)8-11(14)9-12-6-5-7-13(3)4/h10,12H,5-9H2,1-4H3. The summed E-state index contributed by atoms with van der Waals surface area (Å²) < 4.78 is 0. The predicted octanol–water partition coefficient (Wildman–Crippen LogP) is 1.14. The second-order valence-corrected chi connectivity index (χ2v) is 4.47. The molecule has 0 aromatic rings. The van der Waals surface area contributed by atoms with Gasteiger partial charge in [0.05, 0.1) is 6.54 Å².